The van der Waals surface area contributed by atoms with Crippen LogP contribution >= 0.6 is 0 Å². The molecule has 0 unspecified atom stereocenters. The summed E-state index contributed by atoms with van der Waals surface area (Å²) in [6.45, 7) is -0.293. The molecule has 19 heteroatoms. The van der Waals surface area contributed by atoms with Gasteiger partial charge in [-0.25, -0.2) is 26.3 Å². The predicted octanol–water partition coefficient (Wildman–Crippen LogP) is 9.91. The fraction of sp³-hybridized carbons (Fsp3) is 0.139. The minimum absolute atomic E-state index is 0.107. The average molecular weight is 785 g/mol. The van der Waals surface area contributed by atoms with Gasteiger partial charge in [0.2, 0.25) is 0 Å². The first-order valence-electron chi connectivity index (χ1n) is 15.5. The molecule has 6 aromatic rings. The van der Waals surface area contributed by atoms with E-state index in [9.17, 15) is 57.5 Å². The van der Waals surface area contributed by atoms with Gasteiger partial charge in [-0.2, -0.15) is 36.5 Å². The van der Waals surface area contributed by atoms with Crippen LogP contribution in [0.1, 0.15) is 27.3 Å². The number of nitrogens with one attached hydrogen (secondary N) is 2. The monoisotopic (exact) mass is 784 g/mol. The number of carbonyl (C=O) groups is 1. The Morgan fingerprint density at radius 3 is 1.45 bits per heavy atom. The number of halogens is 12. The van der Waals surface area contributed by atoms with Crippen LogP contribution in [0.2, 0.25) is 0 Å². The summed E-state index contributed by atoms with van der Waals surface area (Å²) in [7, 11) is 2.74. The molecule has 2 N–H and O–H groups in total. The van der Waals surface area contributed by atoms with Crippen molar-refractivity contribution in [3.8, 4) is 22.5 Å². The summed E-state index contributed by atoms with van der Waals surface area (Å²) in [6.07, 6.45) is -9.14. The Bertz CT molecular complexity index is 2330. The number of rotatable bonds is 7. The molecule has 4 aromatic carbocycles. The van der Waals surface area contributed by atoms with E-state index in [1.165, 1.54) is 62.6 Å². The number of aromatic nitrogens is 4. The molecular formula is C36H24F12N6O. The van der Waals surface area contributed by atoms with Gasteiger partial charge in [-0.1, -0.05) is 24.3 Å². The van der Waals surface area contributed by atoms with Gasteiger partial charge in [0.15, 0.2) is 34.7 Å². The van der Waals surface area contributed by atoms with Crippen LogP contribution in [0.5, 0.6) is 0 Å². The lowest BCUT2D eigenvalue weighted by atomic mass is 10.1. The summed E-state index contributed by atoms with van der Waals surface area (Å²) in [5, 5.41) is 11.8. The fourth-order valence-corrected chi connectivity index (χ4v) is 5.09. The Kier molecular flexibility index (Phi) is 11.3. The van der Waals surface area contributed by atoms with Crippen LogP contribution in [-0.2, 0) is 33.0 Å². The number of benzene rings is 4. The first-order valence-corrected chi connectivity index (χ1v) is 15.5. The molecule has 0 aliphatic rings. The summed E-state index contributed by atoms with van der Waals surface area (Å²) in [5.41, 5.74) is -1.73. The van der Waals surface area contributed by atoms with Crippen LogP contribution in [0.15, 0.2) is 84.9 Å². The average Bonchev–Trinajstić information content (AvgIpc) is 3.72. The van der Waals surface area contributed by atoms with Crippen LogP contribution in [0.25, 0.3) is 22.5 Å². The second kappa shape index (κ2) is 15.6. The van der Waals surface area contributed by atoms with Gasteiger partial charge in [0.05, 0.1) is 11.4 Å². The highest BCUT2D eigenvalue weighted by atomic mass is 19.4. The number of hydrogen-bond donors (Lipinski definition) is 2. The first-order chi connectivity index (χ1) is 25.7. The first kappa shape index (κ1) is 39.9. The van der Waals surface area contributed by atoms with E-state index in [1.807, 2.05) is 0 Å². The highest BCUT2D eigenvalue weighted by Crippen LogP contribution is 2.33. The van der Waals surface area contributed by atoms with Crippen molar-refractivity contribution in [2.24, 2.45) is 14.1 Å². The van der Waals surface area contributed by atoms with Crippen molar-refractivity contribution in [1.29, 1.82) is 0 Å². The molecular weight excluding hydrogens is 760 g/mol. The van der Waals surface area contributed by atoms with Crippen molar-refractivity contribution >= 4 is 17.3 Å². The second-order valence-electron chi connectivity index (χ2n) is 11.6. The number of amides is 1. The smallest absolute Gasteiger partial charge is 0.381 e. The van der Waals surface area contributed by atoms with E-state index >= 15 is 0 Å². The standard InChI is InChI=1S/C18H11F6N3O.C18H13F6N3/c1-27-13(8-14(26-27)18(22,23)24)9-2-4-10(5-3-9)25-17(28)15-11(19)6-7-12(20)16(15)21;1-27-15(8-16(26-27)18(22,23)24)10-2-4-11(5-3-10)25-9-12-13(19)6-7-14(20)17(12)21/h2-8H,1H3,(H,25,28);2-8,25H,9H2,1H3. The highest BCUT2D eigenvalue weighted by Gasteiger charge is 2.35. The van der Waals surface area contributed by atoms with E-state index in [4.69, 9.17) is 0 Å². The number of alkyl halides is 6. The van der Waals surface area contributed by atoms with Gasteiger partial charge >= 0.3 is 12.4 Å². The minimum Gasteiger partial charge on any atom is -0.381 e. The van der Waals surface area contributed by atoms with E-state index in [0.29, 0.717) is 35.0 Å². The highest BCUT2D eigenvalue weighted by molar-refractivity contribution is 6.04. The molecule has 0 radical (unpaired) electrons. The van der Waals surface area contributed by atoms with Crippen molar-refractivity contribution < 1.29 is 57.5 Å². The summed E-state index contributed by atoms with van der Waals surface area (Å²) in [5.74, 6) is -8.74. The molecule has 0 aliphatic heterocycles. The zero-order chi connectivity index (χ0) is 40.4. The van der Waals surface area contributed by atoms with Crippen molar-refractivity contribution in [3.63, 3.8) is 0 Å². The molecule has 7 nitrogen and oxygen atoms in total. The van der Waals surface area contributed by atoms with E-state index in [0.717, 1.165) is 27.6 Å². The molecule has 0 fully saturated rings. The molecule has 0 saturated heterocycles. The summed E-state index contributed by atoms with van der Waals surface area (Å²) in [6, 6.07) is 16.1. The third-order valence-electron chi connectivity index (χ3n) is 7.84. The van der Waals surface area contributed by atoms with E-state index in [2.05, 4.69) is 20.8 Å². The molecule has 0 spiro atoms. The van der Waals surface area contributed by atoms with E-state index in [1.54, 1.807) is 0 Å². The van der Waals surface area contributed by atoms with Crippen LogP contribution < -0.4 is 10.6 Å². The Morgan fingerprint density at radius 1 is 0.582 bits per heavy atom. The zero-order valence-corrected chi connectivity index (χ0v) is 28.0. The van der Waals surface area contributed by atoms with E-state index < -0.39 is 75.7 Å². The Hall–Kier alpha value is -6.27. The van der Waals surface area contributed by atoms with Gasteiger partial charge < -0.3 is 10.6 Å². The fourth-order valence-electron chi connectivity index (χ4n) is 5.09. The van der Waals surface area contributed by atoms with Crippen LogP contribution in [0, 0.1) is 34.9 Å². The SMILES string of the molecule is Cn1nc(C(F)(F)F)cc1-c1ccc(NC(=O)c2c(F)ccc(F)c2F)cc1.Cn1nc(C(F)(F)F)cc1-c1ccc(NCc2c(F)ccc(F)c2F)cc1. The van der Waals surface area contributed by atoms with E-state index in [-0.39, 0.29) is 23.6 Å². The van der Waals surface area contributed by atoms with Gasteiger partial charge in [0.1, 0.15) is 17.2 Å². The largest absolute Gasteiger partial charge is 0.435 e. The predicted molar refractivity (Wildman–Crippen MR) is 175 cm³/mol. The molecule has 0 aliphatic carbocycles. The molecule has 0 atom stereocenters. The third kappa shape index (κ3) is 9.10. The summed E-state index contributed by atoms with van der Waals surface area (Å²) < 4.78 is 160. The molecule has 0 saturated carbocycles. The van der Waals surface area contributed by atoms with Crippen LogP contribution in [-0.4, -0.2) is 25.5 Å². The Morgan fingerprint density at radius 2 is 1.00 bits per heavy atom. The van der Waals surface area contributed by atoms with Gasteiger partial charge in [-0.15, -0.1) is 0 Å². The quantitative estimate of drug-likeness (QED) is 0.125. The number of hydrogen-bond acceptors (Lipinski definition) is 4. The lowest BCUT2D eigenvalue weighted by Gasteiger charge is -2.10. The molecule has 2 aromatic heterocycles. The maximum atomic E-state index is 13.7. The van der Waals surface area contributed by atoms with Crippen molar-refractivity contribution in [3.05, 3.63) is 142 Å². The molecule has 6 rings (SSSR count). The molecule has 0 bridgehead atoms. The normalized spacial score (nSPS) is 11.6. The van der Waals surface area contributed by atoms with Gasteiger partial charge in [0.25, 0.3) is 5.91 Å². The number of aryl methyl sites for hydroxylation is 2. The summed E-state index contributed by atoms with van der Waals surface area (Å²) >= 11 is 0. The topological polar surface area (TPSA) is 76.8 Å². The van der Waals surface area contributed by atoms with Crippen molar-refractivity contribution in [1.82, 2.24) is 19.6 Å². The zero-order valence-electron chi connectivity index (χ0n) is 28.0. The molecule has 1 amide bonds. The number of anilines is 2. The summed E-state index contributed by atoms with van der Waals surface area (Å²) in [4.78, 5) is 12.0. The molecule has 2 heterocycles. The van der Waals surface area contributed by atoms with Gasteiger partial charge in [0, 0.05) is 37.6 Å². The second-order valence-corrected chi connectivity index (χ2v) is 11.6. The Labute approximate surface area is 302 Å². The third-order valence-corrected chi connectivity index (χ3v) is 7.84. The lowest BCUT2D eigenvalue weighted by molar-refractivity contribution is -0.142. The lowest BCUT2D eigenvalue weighted by Crippen LogP contribution is -2.16. The van der Waals surface area contributed by atoms with Crippen molar-refractivity contribution in [2.45, 2.75) is 18.9 Å². The van der Waals surface area contributed by atoms with Gasteiger partial charge in [-0.05, 0) is 71.8 Å². The molecule has 55 heavy (non-hydrogen) atoms. The van der Waals surface area contributed by atoms with Gasteiger partial charge in [-0.3, -0.25) is 14.2 Å². The maximum Gasteiger partial charge on any atom is 0.435 e. The van der Waals surface area contributed by atoms with Crippen LogP contribution in [0.4, 0.5) is 64.1 Å². The van der Waals surface area contributed by atoms with Crippen LogP contribution in [0.3, 0.4) is 0 Å². The number of nitrogens with zero attached hydrogens (tertiary/aromatic N) is 4. The minimum atomic E-state index is -4.59. The number of carbonyl (C=O) groups excluding carboxylic acids is 1. The molecule has 288 valence electrons. The Balaban J connectivity index is 0.000000211. The maximum absolute atomic E-state index is 13.7. The van der Waals surface area contributed by atoms with Crippen molar-refractivity contribution in [2.75, 3.05) is 10.6 Å².